The zero-order valence-corrected chi connectivity index (χ0v) is 15.9. The Morgan fingerprint density at radius 2 is 1.59 bits per heavy atom. The lowest BCUT2D eigenvalue weighted by molar-refractivity contribution is 0.281. The Morgan fingerprint density at radius 3 is 2.26 bits per heavy atom. The van der Waals surface area contributed by atoms with E-state index in [-0.39, 0.29) is 6.61 Å². The number of nitrogens with zero attached hydrogens (tertiary/aromatic N) is 1. The average molecular weight is 363 g/mol. The van der Waals surface area contributed by atoms with Gasteiger partial charge in [0.05, 0.1) is 26.3 Å². The van der Waals surface area contributed by atoms with Crippen LogP contribution in [0.1, 0.15) is 36.0 Å². The van der Waals surface area contributed by atoms with Crippen LogP contribution in [0.25, 0.3) is 21.7 Å². The van der Waals surface area contributed by atoms with Crippen LogP contribution in [0.5, 0.6) is 11.5 Å². The number of aliphatic hydroxyl groups excluding tert-OH is 1. The van der Waals surface area contributed by atoms with Gasteiger partial charge in [-0.3, -0.25) is 4.98 Å². The van der Waals surface area contributed by atoms with Crippen molar-refractivity contribution in [1.29, 1.82) is 0 Å². The first-order valence-corrected chi connectivity index (χ1v) is 9.82. The molecule has 0 radical (unpaired) electrons. The molecule has 4 heteroatoms. The normalized spacial score (nSPS) is 21.3. The SMILES string of the molecule is COc1cc2c3c(c4ncc(CO)cc4c2cc1OC)CC1CCCC1C3. The summed E-state index contributed by atoms with van der Waals surface area (Å²) in [7, 11) is 3.36. The van der Waals surface area contributed by atoms with Gasteiger partial charge in [0.25, 0.3) is 0 Å². The van der Waals surface area contributed by atoms with E-state index < -0.39 is 0 Å². The Morgan fingerprint density at radius 1 is 0.926 bits per heavy atom. The number of hydrogen-bond acceptors (Lipinski definition) is 4. The third-order valence-electron chi connectivity index (χ3n) is 6.67. The Balaban J connectivity index is 1.88. The molecule has 1 N–H and O–H groups in total. The van der Waals surface area contributed by atoms with Gasteiger partial charge in [-0.1, -0.05) is 6.42 Å². The van der Waals surface area contributed by atoms with Gasteiger partial charge in [-0.15, -0.1) is 0 Å². The number of rotatable bonds is 3. The second kappa shape index (κ2) is 6.38. The first kappa shape index (κ1) is 16.8. The molecule has 1 saturated carbocycles. The molecule has 2 unspecified atom stereocenters. The summed E-state index contributed by atoms with van der Waals surface area (Å²) in [6.07, 6.45) is 8.09. The van der Waals surface area contributed by atoms with Crippen LogP contribution in [0.4, 0.5) is 0 Å². The fraction of sp³-hybridized carbons (Fsp3) is 0.435. The van der Waals surface area contributed by atoms with Crippen molar-refractivity contribution < 1.29 is 14.6 Å². The summed E-state index contributed by atoms with van der Waals surface area (Å²) >= 11 is 0. The molecule has 1 aromatic heterocycles. The van der Waals surface area contributed by atoms with Gasteiger partial charge in [-0.25, -0.2) is 0 Å². The smallest absolute Gasteiger partial charge is 0.161 e. The van der Waals surface area contributed by atoms with Crippen molar-refractivity contribution in [1.82, 2.24) is 4.98 Å². The molecule has 3 aromatic rings. The van der Waals surface area contributed by atoms with Crippen molar-refractivity contribution in [2.75, 3.05) is 14.2 Å². The first-order chi connectivity index (χ1) is 13.2. The van der Waals surface area contributed by atoms with Gasteiger partial charge < -0.3 is 14.6 Å². The Labute approximate surface area is 159 Å². The molecule has 2 aliphatic rings. The van der Waals surface area contributed by atoms with Crippen LogP contribution in [0.3, 0.4) is 0 Å². The van der Waals surface area contributed by atoms with Crippen molar-refractivity contribution >= 4 is 21.7 Å². The topological polar surface area (TPSA) is 51.6 Å². The first-order valence-electron chi connectivity index (χ1n) is 9.82. The molecular formula is C23H25NO3. The highest BCUT2D eigenvalue weighted by molar-refractivity contribution is 6.10. The molecule has 0 bridgehead atoms. The average Bonchev–Trinajstić information content (AvgIpc) is 3.18. The van der Waals surface area contributed by atoms with Crippen LogP contribution in [-0.4, -0.2) is 24.3 Å². The molecule has 27 heavy (non-hydrogen) atoms. The molecule has 2 aromatic carbocycles. The van der Waals surface area contributed by atoms with Gasteiger partial charge in [-0.2, -0.15) is 0 Å². The minimum absolute atomic E-state index is 0.000489. The highest BCUT2D eigenvalue weighted by Crippen LogP contribution is 2.47. The van der Waals surface area contributed by atoms with E-state index in [0.29, 0.717) is 0 Å². The van der Waals surface area contributed by atoms with E-state index in [1.807, 2.05) is 6.20 Å². The lowest BCUT2D eigenvalue weighted by Gasteiger charge is -2.30. The van der Waals surface area contributed by atoms with Gasteiger partial charge in [0.2, 0.25) is 0 Å². The van der Waals surface area contributed by atoms with E-state index in [1.165, 1.54) is 35.8 Å². The molecule has 140 valence electrons. The molecule has 1 heterocycles. The number of fused-ring (bicyclic) bond motifs is 7. The number of ether oxygens (including phenoxy) is 2. The van der Waals surface area contributed by atoms with Crippen LogP contribution >= 0.6 is 0 Å². The largest absolute Gasteiger partial charge is 0.493 e. The molecule has 0 spiro atoms. The highest BCUT2D eigenvalue weighted by Gasteiger charge is 2.34. The second-order valence-electron chi connectivity index (χ2n) is 7.97. The fourth-order valence-electron chi connectivity index (χ4n) is 5.33. The van der Waals surface area contributed by atoms with E-state index in [2.05, 4.69) is 18.2 Å². The van der Waals surface area contributed by atoms with Gasteiger partial charge >= 0.3 is 0 Å². The standard InChI is InChI=1S/C23H25NO3/c1-26-21-9-17-16-7-14-4-3-5-15(14)8-20(16)23-19(6-13(12-25)11-24-23)18(17)10-22(21)27-2/h6,9-11,14-15,25H,3-5,7-8,12H2,1-2H3. The lowest BCUT2D eigenvalue weighted by Crippen LogP contribution is -2.21. The maximum absolute atomic E-state index is 9.63. The molecule has 0 amide bonds. The van der Waals surface area contributed by atoms with Gasteiger partial charge in [0.15, 0.2) is 11.5 Å². The minimum atomic E-state index is -0.000489. The summed E-state index contributed by atoms with van der Waals surface area (Å²) < 4.78 is 11.2. The molecular weight excluding hydrogens is 338 g/mol. The van der Waals surface area contributed by atoms with E-state index in [4.69, 9.17) is 14.5 Å². The predicted octanol–water partition coefficient (Wildman–Crippen LogP) is 4.41. The summed E-state index contributed by atoms with van der Waals surface area (Å²) in [6, 6.07) is 6.28. The van der Waals surface area contributed by atoms with Gasteiger partial charge in [0.1, 0.15) is 0 Å². The monoisotopic (exact) mass is 363 g/mol. The van der Waals surface area contributed by atoms with Crippen LogP contribution in [0, 0.1) is 11.8 Å². The van der Waals surface area contributed by atoms with Crippen LogP contribution in [0.15, 0.2) is 24.4 Å². The van der Waals surface area contributed by atoms with Crippen LogP contribution in [-0.2, 0) is 19.4 Å². The molecule has 1 fully saturated rings. The van der Waals surface area contributed by atoms with Gasteiger partial charge in [0, 0.05) is 11.6 Å². The summed E-state index contributed by atoms with van der Waals surface area (Å²) in [5.41, 5.74) is 4.77. The summed E-state index contributed by atoms with van der Waals surface area (Å²) in [6.45, 7) is -0.000489. The zero-order valence-electron chi connectivity index (χ0n) is 15.9. The molecule has 0 aliphatic heterocycles. The van der Waals surface area contributed by atoms with E-state index in [9.17, 15) is 5.11 Å². The van der Waals surface area contributed by atoms with Crippen LogP contribution < -0.4 is 9.47 Å². The van der Waals surface area contributed by atoms with E-state index >= 15 is 0 Å². The third kappa shape index (κ3) is 2.50. The quantitative estimate of drug-likeness (QED) is 0.700. The molecule has 2 aliphatic carbocycles. The van der Waals surface area contributed by atoms with E-state index in [0.717, 1.165) is 58.0 Å². The van der Waals surface area contributed by atoms with Gasteiger partial charge in [-0.05, 0) is 83.2 Å². The number of aliphatic hydroxyl groups is 1. The van der Waals surface area contributed by atoms with Crippen molar-refractivity contribution in [2.45, 2.75) is 38.7 Å². The zero-order chi connectivity index (χ0) is 18.5. The number of aromatic nitrogens is 1. The number of methoxy groups -OCH3 is 2. The lowest BCUT2D eigenvalue weighted by atomic mass is 9.75. The Hall–Kier alpha value is -2.33. The second-order valence-corrected chi connectivity index (χ2v) is 7.97. The third-order valence-corrected chi connectivity index (χ3v) is 6.67. The van der Waals surface area contributed by atoms with Crippen molar-refractivity contribution in [3.8, 4) is 11.5 Å². The molecule has 0 saturated heterocycles. The predicted molar refractivity (Wildman–Crippen MR) is 107 cm³/mol. The number of pyridine rings is 1. The van der Waals surface area contributed by atoms with E-state index in [1.54, 1.807) is 14.2 Å². The number of benzene rings is 2. The number of hydrogen-bond donors (Lipinski definition) is 1. The maximum atomic E-state index is 9.63. The maximum Gasteiger partial charge on any atom is 0.161 e. The molecule has 2 atom stereocenters. The summed E-state index contributed by atoms with van der Waals surface area (Å²) in [5, 5.41) is 13.1. The minimum Gasteiger partial charge on any atom is -0.493 e. The van der Waals surface area contributed by atoms with Crippen LogP contribution in [0.2, 0.25) is 0 Å². The Bertz CT molecular complexity index is 1040. The Kier molecular flexibility index (Phi) is 3.97. The summed E-state index contributed by atoms with van der Waals surface area (Å²) in [4.78, 5) is 4.80. The van der Waals surface area contributed by atoms with Crippen molar-refractivity contribution in [3.63, 3.8) is 0 Å². The highest BCUT2D eigenvalue weighted by atomic mass is 16.5. The fourth-order valence-corrected chi connectivity index (χ4v) is 5.33. The van der Waals surface area contributed by atoms with Crippen molar-refractivity contribution in [2.24, 2.45) is 11.8 Å². The summed E-state index contributed by atoms with van der Waals surface area (Å²) in [5.74, 6) is 3.09. The van der Waals surface area contributed by atoms with Crippen molar-refractivity contribution in [3.05, 3.63) is 41.1 Å². The molecule has 4 nitrogen and oxygen atoms in total. The molecule has 5 rings (SSSR count).